The van der Waals surface area contributed by atoms with E-state index in [4.69, 9.17) is 0 Å². The molecule has 0 bridgehead atoms. The van der Waals surface area contributed by atoms with E-state index < -0.39 is 0 Å². The quantitative estimate of drug-likeness (QED) is 0.736. The van der Waals surface area contributed by atoms with E-state index in [-0.39, 0.29) is 11.3 Å². The second-order valence-corrected chi connectivity index (χ2v) is 5.46. The number of carbonyl (C=O) groups excluding carboxylic acids is 1. The number of Topliss-reactive ketones (excluding diaryl/α,β-unsaturated/α-hetero) is 1. The van der Waals surface area contributed by atoms with Gasteiger partial charge in [0.2, 0.25) is 0 Å². The Morgan fingerprint density at radius 1 is 1.36 bits per heavy atom. The van der Waals surface area contributed by atoms with Gasteiger partial charge in [-0.15, -0.1) is 0 Å². The SMILES string of the molecule is CC(C(=O)C(C)(C)C)C1CCCCN1. The average molecular weight is 197 g/mol. The van der Waals surface area contributed by atoms with Crippen molar-refractivity contribution in [1.29, 1.82) is 0 Å². The maximum absolute atomic E-state index is 12.0. The minimum Gasteiger partial charge on any atom is -0.313 e. The Bertz CT molecular complexity index is 199. The highest BCUT2D eigenvalue weighted by Gasteiger charge is 2.32. The molecule has 0 radical (unpaired) electrons. The van der Waals surface area contributed by atoms with Crippen LogP contribution in [0.5, 0.6) is 0 Å². The predicted molar refractivity (Wildman–Crippen MR) is 59.3 cm³/mol. The third kappa shape index (κ3) is 2.81. The van der Waals surface area contributed by atoms with Gasteiger partial charge in [-0.05, 0) is 19.4 Å². The zero-order chi connectivity index (χ0) is 10.8. The van der Waals surface area contributed by atoms with E-state index in [9.17, 15) is 4.79 Å². The molecular weight excluding hydrogens is 174 g/mol. The molecule has 1 fully saturated rings. The largest absolute Gasteiger partial charge is 0.313 e. The lowest BCUT2D eigenvalue weighted by Gasteiger charge is -2.31. The van der Waals surface area contributed by atoms with Gasteiger partial charge in [0.05, 0.1) is 0 Å². The van der Waals surface area contributed by atoms with Gasteiger partial charge >= 0.3 is 0 Å². The second-order valence-electron chi connectivity index (χ2n) is 5.46. The first-order valence-electron chi connectivity index (χ1n) is 5.70. The second kappa shape index (κ2) is 4.43. The zero-order valence-corrected chi connectivity index (χ0v) is 9.89. The highest BCUT2D eigenvalue weighted by molar-refractivity contribution is 5.86. The van der Waals surface area contributed by atoms with Crippen LogP contribution in [0.15, 0.2) is 0 Å². The van der Waals surface area contributed by atoms with E-state index in [1.165, 1.54) is 12.8 Å². The Labute approximate surface area is 87.5 Å². The van der Waals surface area contributed by atoms with Crippen molar-refractivity contribution in [3.63, 3.8) is 0 Å². The van der Waals surface area contributed by atoms with Crippen molar-refractivity contribution in [3.8, 4) is 0 Å². The summed E-state index contributed by atoms with van der Waals surface area (Å²) in [5, 5.41) is 3.45. The van der Waals surface area contributed by atoms with E-state index in [1.807, 2.05) is 20.8 Å². The Kier molecular flexibility index (Phi) is 3.71. The molecule has 1 rings (SSSR count). The van der Waals surface area contributed by atoms with E-state index >= 15 is 0 Å². The predicted octanol–water partition coefficient (Wildman–Crippen LogP) is 2.38. The summed E-state index contributed by atoms with van der Waals surface area (Å²) in [5.41, 5.74) is -0.196. The van der Waals surface area contributed by atoms with Crippen LogP contribution in [0.3, 0.4) is 0 Å². The summed E-state index contributed by atoms with van der Waals surface area (Å²) in [6.07, 6.45) is 3.68. The summed E-state index contributed by atoms with van der Waals surface area (Å²) in [7, 11) is 0. The van der Waals surface area contributed by atoms with Crippen LogP contribution in [0.25, 0.3) is 0 Å². The molecule has 14 heavy (non-hydrogen) atoms. The zero-order valence-electron chi connectivity index (χ0n) is 9.89. The van der Waals surface area contributed by atoms with Crippen molar-refractivity contribution < 1.29 is 4.79 Å². The summed E-state index contributed by atoms with van der Waals surface area (Å²) in [5.74, 6) is 0.548. The average Bonchev–Trinajstić information content (AvgIpc) is 2.15. The lowest BCUT2D eigenvalue weighted by molar-refractivity contribution is -0.131. The molecule has 0 aliphatic carbocycles. The number of hydrogen-bond donors (Lipinski definition) is 1. The number of hydrogen-bond acceptors (Lipinski definition) is 2. The molecule has 2 nitrogen and oxygen atoms in total. The molecule has 1 N–H and O–H groups in total. The van der Waals surface area contributed by atoms with Crippen LogP contribution in [0.2, 0.25) is 0 Å². The molecule has 0 aromatic heterocycles. The molecule has 2 atom stereocenters. The lowest BCUT2D eigenvalue weighted by Crippen LogP contribution is -2.44. The van der Waals surface area contributed by atoms with E-state index in [1.54, 1.807) is 0 Å². The van der Waals surface area contributed by atoms with Gasteiger partial charge in [0.25, 0.3) is 0 Å². The summed E-state index contributed by atoms with van der Waals surface area (Å²) < 4.78 is 0. The first-order chi connectivity index (χ1) is 6.43. The molecule has 1 saturated heterocycles. The van der Waals surface area contributed by atoms with Crippen molar-refractivity contribution in [3.05, 3.63) is 0 Å². The molecule has 0 aromatic carbocycles. The molecular formula is C12H23NO. The van der Waals surface area contributed by atoms with Crippen molar-refractivity contribution in [2.75, 3.05) is 6.54 Å². The van der Waals surface area contributed by atoms with Gasteiger partial charge in [0.1, 0.15) is 5.78 Å². The Morgan fingerprint density at radius 2 is 2.00 bits per heavy atom. The van der Waals surface area contributed by atoms with Gasteiger partial charge < -0.3 is 5.32 Å². The molecule has 82 valence electrons. The number of rotatable bonds is 2. The fourth-order valence-electron chi connectivity index (χ4n) is 2.17. The number of carbonyl (C=O) groups is 1. The first-order valence-corrected chi connectivity index (χ1v) is 5.70. The molecule has 2 unspecified atom stereocenters. The van der Waals surface area contributed by atoms with Crippen LogP contribution in [-0.2, 0) is 4.79 Å². The first kappa shape index (κ1) is 11.7. The lowest BCUT2D eigenvalue weighted by atomic mass is 9.79. The monoisotopic (exact) mass is 197 g/mol. The fraction of sp³-hybridized carbons (Fsp3) is 0.917. The molecule has 1 aliphatic heterocycles. The molecule has 0 amide bonds. The molecule has 0 aromatic rings. The molecule has 1 heterocycles. The van der Waals surface area contributed by atoms with Crippen LogP contribution in [-0.4, -0.2) is 18.4 Å². The van der Waals surface area contributed by atoms with E-state index in [0.29, 0.717) is 11.8 Å². The minimum atomic E-state index is -0.196. The Hall–Kier alpha value is -0.370. The summed E-state index contributed by atoms with van der Waals surface area (Å²) >= 11 is 0. The van der Waals surface area contributed by atoms with Gasteiger partial charge in [-0.2, -0.15) is 0 Å². The van der Waals surface area contributed by atoms with Crippen LogP contribution < -0.4 is 5.32 Å². The third-order valence-corrected chi connectivity index (χ3v) is 3.10. The van der Waals surface area contributed by atoms with Crippen LogP contribution >= 0.6 is 0 Å². The Morgan fingerprint density at radius 3 is 2.43 bits per heavy atom. The molecule has 2 heteroatoms. The molecule has 1 aliphatic rings. The van der Waals surface area contributed by atoms with Gasteiger partial charge in [0.15, 0.2) is 0 Å². The van der Waals surface area contributed by atoms with Crippen LogP contribution in [0.4, 0.5) is 0 Å². The number of ketones is 1. The standard InChI is InChI=1S/C12H23NO/c1-9(11(14)12(2,3)4)10-7-5-6-8-13-10/h9-10,13H,5-8H2,1-4H3. The maximum Gasteiger partial charge on any atom is 0.142 e. The summed E-state index contributed by atoms with van der Waals surface area (Å²) in [6, 6.07) is 0.412. The van der Waals surface area contributed by atoms with E-state index in [0.717, 1.165) is 13.0 Å². The molecule has 0 saturated carbocycles. The number of nitrogens with one attached hydrogen (secondary N) is 1. The van der Waals surface area contributed by atoms with Crippen molar-refractivity contribution in [1.82, 2.24) is 5.32 Å². The summed E-state index contributed by atoms with van der Waals surface area (Å²) in [6.45, 7) is 9.17. The van der Waals surface area contributed by atoms with E-state index in [2.05, 4.69) is 12.2 Å². The summed E-state index contributed by atoms with van der Waals surface area (Å²) in [4.78, 5) is 12.0. The van der Waals surface area contributed by atoms with Gasteiger partial charge in [-0.1, -0.05) is 34.1 Å². The van der Waals surface area contributed by atoms with Gasteiger partial charge in [0, 0.05) is 17.4 Å². The highest BCUT2D eigenvalue weighted by atomic mass is 16.1. The van der Waals surface area contributed by atoms with Crippen LogP contribution in [0.1, 0.15) is 47.0 Å². The fourth-order valence-corrected chi connectivity index (χ4v) is 2.17. The van der Waals surface area contributed by atoms with Gasteiger partial charge in [-0.25, -0.2) is 0 Å². The van der Waals surface area contributed by atoms with Gasteiger partial charge in [-0.3, -0.25) is 4.79 Å². The Balaban J connectivity index is 2.55. The van der Waals surface area contributed by atoms with Crippen molar-refractivity contribution >= 4 is 5.78 Å². The highest BCUT2D eigenvalue weighted by Crippen LogP contribution is 2.25. The minimum absolute atomic E-state index is 0.162. The maximum atomic E-state index is 12.0. The molecule has 0 spiro atoms. The van der Waals surface area contributed by atoms with Crippen LogP contribution in [0, 0.1) is 11.3 Å². The van der Waals surface area contributed by atoms with Crippen molar-refractivity contribution in [2.24, 2.45) is 11.3 Å². The number of piperidine rings is 1. The van der Waals surface area contributed by atoms with Crippen molar-refractivity contribution in [2.45, 2.75) is 53.0 Å². The normalized spacial score (nSPS) is 25.9. The topological polar surface area (TPSA) is 29.1 Å². The smallest absolute Gasteiger partial charge is 0.142 e. The third-order valence-electron chi connectivity index (χ3n) is 3.10.